The number of halogens is 1. The van der Waals surface area contributed by atoms with Crippen molar-refractivity contribution < 1.29 is 19.1 Å². The molecule has 0 saturated carbocycles. The second kappa shape index (κ2) is 12.6. The summed E-state index contributed by atoms with van der Waals surface area (Å²) in [5.41, 5.74) is 3.68. The molecule has 3 aromatic rings. The number of esters is 1. The van der Waals surface area contributed by atoms with E-state index in [1.807, 2.05) is 36.4 Å². The first-order chi connectivity index (χ1) is 16.4. The maximum atomic E-state index is 12.6. The second-order valence-corrected chi connectivity index (χ2v) is 9.52. The molecule has 0 aliphatic carbocycles. The molecule has 1 heterocycles. The third kappa shape index (κ3) is 7.09. The Labute approximate surface area is 212 Å². The third-order valence-corrected chi connectivity index (χ3v) is 6.87. The minimum atomic E-state index is -0.509. The van der Waals surface area contributed by atoms with Gasteiger partial charge in [-0.3, -0.25) is 9.59 Å². The second-order valence-electron chi connectivity index (χ2n) is 7.22. The molecule has 9 heteroatoms. The van der Waals surface area contributed by atoms with E-state index in [4.69, 9.17) is 16.3 Å². The molecule has 0 spiro atoms. The normalized spacial score (nSPS) is 10.6. The number of aryl methyl sites for hydroxylation is 1. The van der Waals surface area contributed by atoms with Gasteiger partial charge in [-0.2, -0.15) is 0 Å². The van der Waals surface area contributed by atoms with E-state index in [9.17, 15) is 14.4 Å². The number of thioether (sulfide) groups is 1. The van der Waals surface area contributed by atoms with E-state index in [0.29, 0.717) is 21.2 Å². The Bertz CT molecular complexity index is 1140. The van der Waals surface area contributed by atoms with Crippen LogP contribution in [0.1, 0.15) is 29.8 Å². The lowest BCUT2D eigenvalue weighted by molar-refractivity contribution is -0.114. The summed E-state index contributed by atoms with van der Waals surface area (Å²) < 4.78 is 5.21. The van der Waals surface area contributed by atoms with Gasteiger partial charge in [0.1, 0.15) is 10.6 Å². The van der Waals surface area contributed by atoms with Crippen molar-refractivity contribution in [2.45, 2.75) is 20.3 Å². The van der Waals surface area contributed by atoms with Gasteiger partial charge in [0.15, 0.2) is 0 Å². The maximum absolute atomic E-state index is 12.6. The zero-order valence-electron chi connectivity index (χ0n) is 18.9. The van der Waals surface area contributed by atoms with Crippen LogP contribution in [0.4, 0.5) is 10.7 Å². The van der Waals surface area contributed by atoms with E-state index in [1.165, 1.54) is 28.7 Å². The van der Waals surface area contributed by atoms with Crippen LogP contribution in [0.25, 0.3) is 11.1 Å². The number of hydrogen-bond donors (Lipinski definition) is 2. The highest BCUT2D eigenvalue weighted by Gasteiger charge is 2.23. The van der Waals surface area contributed by atoms with Crippen molar-refractivity contribution >= 4 is 63.2 Å². The fourth-order valence-corrected chi connectivity index (χ4v) is 4.83. The van der Waals surface area contributed by atoms with Crippen LogP contribution in [0.3, 0.4) is 0 Å². The highest BCUT2D eigenvalue weighted by atomic mass is 35.5. The molecule has 0 radical (unpaired) electrons. The fourth-order valence-electron chi connectivity index (χ4n) is 3.12. The molecule has 178 valence electrons. The molecule has 34 heavy (non-hydrogen) atoms. The number of rotatable bonds is 10. The third-order valence-electron chi connectivity index (χ3n) is 4.79. The van der Waals surface area contributed by atoms with E-state index in [2.05, 4.69) is 17.6 Å². The number of ether oxygens (including phenoxy) is 1. The number of anilines is 2. The van der Waals surface area contributed by atoms with Gasteiger partial charge in [0.05, 0.1) is 18.1 Å². The number of carbonyl (C=O) groups excluding carboxylic acids is 3. The smallest absolute Gasteiger partial charge is 0.341 e. The van der Waals surface area contributed by atoms with Gasteiger partial charge >= 0.3 is 5.97 Å². The molecular formula is C25H25ClN2O4S2. The topological polar surface area (TPSA) is 84.5 Å². The van der Waals surface area contributed by atoms with Crippen LogP contribution in [0.5, 0.6) is 0 Å². The number of hydrogen-bond acceptors (Lipinski definition) is 6. The molecule has 0 aliphatic heterocycles. The molecule has 2 aromatic carbocycles. The van der Waals surface area contributed by atoms with Gasteiger partial charge in [-0.25, -0.2) is 4.79 Å². The van der Waals surface area contributed by atoms with E-state index >= 15 is 0 Å². The number of amides is 2. The Balaban J connectivity index is 1.59. The largest absolute Gasteiger partial charge is 0.462 e. The Hall–Kier alpha value is -2.81. The van der Waals surface area contributed by atoms with Crippen LogP contribution < -0.4 is 10.6 Å². The average Bonchev–Trinajstić information content (AvgIpc) is 3.23. The lowest BCUT2D eigenvalue weighted by Crippen LogP contribution is -2.19. The Morgan fingerprint density at radius 1 is 0.941 bits per heavy atom. The maximum Gasteiger partial charge on any atom is 0.341 e. The summed E-state index contributed by atoms with van der Waals surface area (Å²) in [4.78, 5) is 37.3. The zero-order chi connectivity index (χ0) is 24.5. The van der Waals surface area contributed by atoms with Gasteiger partial charge in [0.2, 0.25) is 11.8 Å². The molecule has 2 amide bonds. The van der Waals surface area contributed by atoms with Crippen molar-refractivity contribution in [2.75, 3.05) is 28.7 Å². The molecule has 0 atom stereocenters. The Morgan fingerprint density at radius 3 is 2.21 bits per heavy atom. The number of thiophene rings is 1. The summed E-state index contributed by atoms with van der Waals surface area (Å²) >= 11 is 8.42. The number of carbonyl (C=O) groups is 3. The van der Waals surface area contributed by atoms with E-state index in [-0.39, 0.29) is 29.9 Å². The van der Waals surface area contributed by atoms with Crippen molar-refractivity contribution in [3.05, 3.63) is 70.1 Å². The van der Waals surface area contributed by atoms with Crippen LogP contribution in [-0.2, 0) is 20.7 Å². The standard InChI is InChI=1S/C25H25ClN2O4S2/c1-3-16-5-11-19(12-6-16)27-21(29)14-33-15-22(30)28-24-23(25(31)32-4-2)20(13-34-24)17-7-9-18(26)10-8-17/h5-13H,3-4,14-15H2,1-2H3,(H,27,29)(H,28,30). The van der Waals surface area contributed by atoms with Crippen molar-refractivity contribution in [1.29, 1.82) is 0 Å². The first-order valence-corrected chi connectivity index (χ1v) is 13.1. The highest BCUT2D eigenvalue weighted by molar-refractivity contribution is 8.00. The molecule has 0 unspecified atom stereocenters. The summed E-state index contributed by atoms with van der Waals surface area (Å²) in [5.74, 6) is -0.798. The van der Waals surface area contributed by atoms with Gasteiger partial charge in [-0.05, 0) is 48.7 Å². The van der Waals surface area contributed by atoms with Crippen LogP contribution in [0.15, 0.2) is 53.9 Å². The highest BCUT2D eigenvalue weighted by Crippen LogP contribution is 2.36. The number of benzene rings is 2. The van der Waals surface area contributed by atoms with Crippen molar-refractivity contribution in [3.63, 3.8) is 0 Å². The lowest BCUT2D eigenvalue weighted by Gasteiger charge is -2.09. The van der Waals surface area contributed by atoms with Gasteiger partial charge in [-0.1, -0.05) is 42.8 Å². The average molecular weight is 517 g/mol. The van der Waals surface area contributed by atoms with Crippen LogP contribution in [0.2, 0.25) is 5.02 Å². The predicted octanol–water partition coefficient (Wildman–Crippen LogP) is 6.12. The van der Waals surface area contributed by atoms with E-state index in [0.717, 1.165) is 17.7 Å². The summed E-state index contributed by atoms with van der Waals surface area (Å²) in [6, 6.07) is 14.8. The molecule has 0 saturated heterocycles. The first-order valence-electron chi connectivity index (χ1n) is 10.7. The SMILES string of the molecule is CCOC(=O)c1c(-c2ccc(Cl)cc2)csc1NC(=O)CSCC(=O)Nc1ccc(CC)cc1. The molecule has 0 fully saturated rings. The van der Waals surface area contributed by atoms with Crippen LogP contribution in [0, 0.1) is 0 Å². The Kier molecular flexibility index (Phi) is 9.56. The number of nitrogens with one attached hydrogen (secondary N) is 2. The molecule has 0 aliphatic rings. The summed E-state index contributed by atoms with van der Waals surface area (Å²) in [6.07, 6.45) is 0.933. The van der Waals surface area contributed by atoms with Gasteiger partial charge in [0.25, 0.3) is 0 Å². The van der Waals surface area contributed by atoms with E-state index in [1.54, 1.807) is 24.4 Å². The minimum Gasteiger partial charge on any atom is -0.462 e. The van der Waals surface area contributed by atoms with Crippen molar-refractivity contribution in [3.8, 4) is 11.1 Å². The summed E-state index contributed by atoms with van der Waals surface area (Å²) in [6.45, 7) is 4.01. The zero-order valence-corrected chi connectivity index (χ0v) is 21.2. The van der Waals surface area contributed by atoms with Crippen LogP contribution in [-0.4, -0.2) is 35.9 Å². The lowest BCUT2D eigenvalue weighted by atomic mass is 10.0. The van der Waals surface area contributed by atoms with Crippen LogP contribution >= 0.6 is 34.7 Å². The Morgan fingerprint density at radius 2 is 1.59 bits per heavy atom. The predicted molar refractivity (Wildman–Crippen MR) is 141 cm³/mol. The van der Waals surface area contributed by atoms with Gasteiger partial charge in [0, 0.05) is 21.7 Å². The van der Waals surface area contributed by atoms with Gasteiger partial charge < -0.3 is 15.4 Å². The molecule has 2 N–H and O–H groups in total. The summed E-state index contributed by atoms with van der Waals surface area (Å²) in [5, 5.41) is 8.41. The molecule has 0 bridgehead atoms. The fraction of sp³-hybridized carbons (Fsp3) is 0.240. The molecule has 3 rings (SSSR count). The minimum absolute atomic E-state index is 0.0681. The first kappa shape index (κ1) is 25.8. The van der Waals surface area contributed by atoms with E-state index < -0.39 is 5.97 Å². The summed E-state index contributed by atoms with van der Waals surface area (Å²) in [7, 11) is 0. The van der Waals surface area contributed by atoms with Gasteiger partial charge in [-0.15, -0.1) is 23.1 Å². The molecule has 6 nitrogen and oxygen atoms in total. The van der Waals surface area contributed by atoms with Crippen molar-refractivity contribution in [1.82, 2.24) is 0 Å². The molecular weight excluding hydrogens is 492 g/mol. The quantitative estimate of drug-likeness (QED) is 0.317. The monoisotopic (exact) mass is 516 g/mol. The van der Waals surface area contributed by atoms with Crippen molar-refractivity contribution in [2.24, 2.45) is 0 Å². The molecule has 1 aromatic heterocycles.